The van der Waals surface area contributed by atoms with Crippen LogP contribution in [0.15, 0.2) is 29.4 Å². The second-order valence-corrected chi connectivity index (χ2v) is 4.83. The van der Waals surface area contributed by atoms with Crippen LogP contribution < -0.4 is 0 Å². The summed E-state index contributed by atoms with van der Waals surface area (Å²) in [7, 11) is -0.0365. The first-order valence-corrected chi connectivity index (χ1v) is 5.93. The van der Waals surface area contributed by atoms with Gasteiger partial charge in [0.2, 0.25) is 0 Å². The summed E-state index contributed by atoms with van der Waals surface area (Å²) in [5, 5.41) is 1.12. The largest absolute Gasteiger partial charge is 0.251 e. The third-order valence-corrected chi connectivity index (χ3v) is 3.97. The van der Waals surface area contributed by atoms with Gasteiger partial charge in [-0.15, -0.1) is 0 Å². The maximum Gasteiger partial charge on any atom is 0.104 e. The SMILES string of the molecule is C=S(c1ccccn1)N1CCCC1. The molecule has 0 aromatic carbocycles. The summed E-state index contributed by atoms with van der Waals surface area (Å²) in [6, 6.07) is 6.04. The maximum atomic E-state index is 4.33. The third-order valence-electron chi connectivity index (χ3n) is 2.26. The van der Waals surface area contributed by atoms with E-state index in [1.807, 2.05) is 18.3 Å². The van der Waals surface area contributed by atoms with Crippen LogP contribution in [0.1, 0.15) is 12.8 Å². The molecule has 0 N–H and O–H groups in total. The fourth-order valence-corrected chi connectivity index (χ4v) is 2.91. The van der Waals surface area contributed by atoms with Crippen LogP contribution in [-0.4, -0.2) is 28.2 Å². The molecule has 1 saturated heterocycles. The van der Waals surface area contributed by atoms with Crippen molar-refractivity contribution >= 4 is 16.5 Å². The highest BCUT2D eigenvalue weighted by Crippen LogP contribution is 2.29. The Kier molecular flexibility index (Phi) is 2.76. The fourth-order valence-electron chi connectivity index (χ4n) is 1.53. The molecule has 0 saturated carbocycles. The number of hydrogen-bond acceptors (Lipinski definition) is 2. The number of hydrogen-bond donors (Lipinski definition) is 0. The van der Waals surface area contributed by atoms with Crippen molar-refractivity contribution in [1.29, 1.82) is 0 Å². The zero-order chi connectivity index (χ0) is 9.10. The molecule has 13 heavy (non-hydrogen) atoms. The monoisotopic (exact) mass is 194 g/mol. The molecule has 0 aliphatic carbocycles. The first-order valence-electron chi connectivity index (χ1n) is 4.58. The Labute approximate surface area is 81.7 Å². The zero-order valence-corrected chi connectivity index (χ0v) is 8.46. The number of pyridine rings is 1. The summed E-state index contributed by atoms with van der Waals surface area (Å²) in [5.74, 6) is 4.18. The molecule has 1 aromatic rings. The standard InChI is InChI=1S/C10H14N2S/c1-13(12-8-4-5-9-12)10-6-2-3-7-11-10/h2-3,6-7H,1,4-5,8-9H2. The second-order valence-electron chi connectivity index (χ2n) is 3.17. The van der Waals surface area contributed by atoms with Crippen LogP contribution in [0.2, 0.25) is 0 Å². The van der Waals surface area contributed by atoms with Crippen LogP contribution in [0.5, 0.6) is 0 Å². The van der Waals surface area contributed by atoms with E-state index in [-0.39, 0.29) is 10.7 Å². The molecule has 1 fully saturated rings. The summed E-state index contributed by atoms with van der Waals surface area (Å²) in [6.07, 6.45) is 4.47. The molecule has 3 heteroatoms. The highest BCUT2D eigenvalue weighted by molar-refractivity contribution is 8.12. The molecule has 70 valence electrons. The molecule has 1 aromatic heterocycles. The van der Waals surface area contributed by atoms with E-state index in [0.717, 1.165) is 5.03 Å². The smallest absolute Gasteiger partial charge is 0.104 e. The minimum atomic E-state index is -0.0365. The molecule has 0 bridgehead atoms. The molecule has 1 unspecified atom stereocenters. The van der Waals surface area contributed by atoms with E-state index >= 15 is 0 Å². The van der Waals surface area contributed by atoms with Crippen molar-refractivity contribution in [2.24, 2.45) is 0 Å². The molecule has 1 atom stereocenters. The van der Waals surface area contributed by atoms with E-state index in [9.17, 15) is 0 Å². The Balaban J connectivity index is 2.13. The van der Waals surface area contributed by atoms with Crippen molar-refractivity contribution in [2.75, 3.05) is 13.1 Å². The summed E-state index contributed by atoms with van der Waals surface area (Å²) in [5.41, 5.74) is 0. The lowest BCUT2D eigenvalue weighted by atomic mass is 10.4. The van der Waals surface area contributed by atoms with Gasteiger partial charge in [0.25, 0.3) is 0 Å². The van der Waals surface area contributed by atoms with Gasteiger partial charge in [0, 0.05) is 19.3 Å². The van der Waals surface area contributed by atoms with Crippen LogP contribution in [0.3, 0.4) is 0 Å². The topological polar surface area (TPSA) is 16.1 Å². The van der Waals surface area contributed by atoms with E-state index in [1.165, 1.54) is 25.9 Å². The van der Waals surface area contributed by atoms with E-state index in [0.29, 0.717) is 0 Å². The van der Waals surface area contributed by atoms with Gasteiger partial charge < -0.3 is 0 Å². The Morgan fingerprint density at radius 1 is 1.31 bits per heavy atom. The Morgan fingerprint density at radius 2 is 2.08 bits per heavy atom. The molecular weight excluding hydrogens is 180 g/mol. The Bertz CT molecular complexity index is 291. The van der Waals surface area contributed by atoms with Gasteiger partial charge in [0.05, 0.1) is 0 Å². The first kappa shape index (κ1) is 8.91. The van der Waals surface area contributed by atoms with E-state index in [1.54, 1.807) is 0 Å². The van der Waals surface area contributed by atoms with Gasteiger partial charge in [-0.3, -0.25) is 4.31 Å². The highest BCUT2D eigenvalue weighted by atomic mass is 32.2. The predicted octanol–water partition coefficient (Wildman–Crippen LogP) is 2.15. The van der Waals surface area contributed by atoms with Gasteiger partial charge in [-0.05, 0) is 25.0 Å². The molecule has 1 aliphatic rings. The fraction of sp³-hybridized carbons (Fsp3) is 0.400. The number of rotatable bonds is 2. The molecule has 0 radical (unpaired) electrons. The van der Waals surface area contributed by atoms with E-state index in [4.69, 9.17) is 0 Å². The minimum Gasteiger partial charge on any atom is -0.251 e. The lowest BCUT2D eigenvalue weighted by Gasteiger charge is -2.17. The molecule has 0 spiro atoms. The molecule has 2 nitrogen and oxygen atoms in total. The van der Waals surface area contributed by atoms with Crippen LogP contribution in [0.4, 0.5) is 0 Å². The normalized spacial score (nSPS) is 20.3. The molecule has 1 aliphatic heterocycles. The van der Waals surface area contributed by atoms with Crippen molar-refractivity contribution in [2.45, 2.75) is 17.9 Å². The van der Waals surface area contributed by atoms with Gasteiger partial charge in [-0.2, -0.15) is 0 Å². The van der Waals surface area contributed by atoms with Gasteiger partial charge in [0.15, 0.2) is 0 Å². The summed E-state index contributed by atoms with van der Waals surface area (Å²) in [4.78, 5) is 4.33. The van der Waals surface area contributed by atoms with Crippen molar-refractivity contribution in [1.82, 2.24) is 9.29 Å². The van der Waals surface area contributed by atoms with Crippen molar-refractivity contribution in [3.05, 3.63) is 24.4 Å². The zero-order valence-electron chi connectivity index (χ0n) is 7.65. The lowest BCUT2D eigenvalue weighted by Crippen LogP contribution is -2.11. The number of aromatic nitrogens is 1. The van der Waals surface area contributed by atoms with Crippen molar-refractivity contribution < 1.29 is 0 Å². The van der Waals surface area contributed by atoms with Crippen LogP contribution in [0.25, 0.3) is 0 Å². The average Bonchev–Trinajstić information content (AvgIpc) is 2.71. The Morgan fingerprint density at radius 3 is 2.69 bits per heavy atom. The molecule has 2 heterocycles. The molecular formula is C10H14N2S. The van der Waals surface area contributed by atoms with Crippen LogP contribution >= 0.6 is 10.7 Å². The van der Waals surface area contributed by atoms with E-state index < -0.39 is 0 Å². The summed E-state index contributed by atoms with van der Waals surface area (Å²) >= 11 is 0. The van der Waals surface area contributed by atoms with Gasteiger partial charge in [-0.1, -0.05) is 22.6 Å². The van der Waals surface area contributed by atoms with Gasteiger partial charge >= 0.3 is 0 Å². The van der Waals surface area contributed by atoms with Crippen LogP contribution in [0, 0.1) is 0 Å². The summed E-state index contributed by atoms with van der Waals surface area (Å²) < 4.78 is 2.42. The Hall–Kier alpha value is -0.670. The second kappa shape index (κ2) is 4.03. The average molecular weight is 194 g/mol. The highest BCUT2D eigenvalue weighted by Gasteiger charge is 2.14. The van der Waals surface area contributed by atoms with Crippen LogP contribution in [-0.2, 0) is 0 Å². The molecule has 0 amide bonds. The lowest BCUT2D eigenvalue weighted by molar-refractivity contribution is 0.583. The van der Waals surface area contributed by atoms with Crippen molar-refractivity contribution in [3.63, 3.8) is 0 Å². The molecule has 2 rings (SSSR count). The quantitative estimate of drug-likeness (QED) is 0.671. The summed E-state index contributed by atoms with van der Waals surface area (Å²) in [6.45, 7) is 2.37. The van der Waals surface area contributed by atoms with E-state index in [2.05, 4.69) is 21.2 Å². The third kappa shape index (κ3) is 1.98. The first-order chi connectivity index (χ1) is 6.38. The maximum absolute atomic E-state index is 4.33. The number of nitrogens with zero attached hydrogens (tertiary/aromatic N) is 2. The predicted molar refractivity (Wildman–Crippen MR) is 58.0 cm³/mol. The van der Waals surface area contributed by atoms with Crippen molar-refractivity contribution in [3.8, 4) is 0 Å². The van der Waals surface area contributed by atoms with Gasteiger partial charge in [0.1, 0.15) is 5.03 Å². The minimum absolute atomic E-state index is 0.0365. The van der Waals surface area contributed by atoms with Gasteiger partial charge in [-0.25, -0.2) is 4.98 Å².